The highest BCUT2D eigenvalue weighted by Gasteiger charge is 2.43. The first kappa shape index (κ1) is 20.2. The van der Waals surface area contributed by atoms with E-state index in [1.807, 2.05) is 0 Å². The maximum absolute atomic E-state index is 10.5. The topological polar surface area (TPSA) is 135 Å². The van der Waals surface area contributed by atoms with E-state index >= 15 is 0 Å². The van der Waals surface area contributed by atoms with Crippen molar-refractivity contribution in [2.24, 2.45) is 11.7 Å². The van der Waals surface area contributed by atoms with Crippen molar-refractivity contribution in [1.82, 2.24) is 25.0 Å². The maximum Gasteiger partial charge on any atom is 0.191 e. The molecule has 0 saturated heterocycles. The van der Waals surface area contributed by atoms with Gasteiger partial charge in [0, 0.05) is 18.2 Å². The molecule has 2 aromatic heterocycles. The predicted molar refractivity (Wildman–Crippen MR) is 106 cm³/mol. The van der Waals surface area contributed by atoms with Gasteiger partial charge >= 0.3 is 0 Å². The van der Waals surface area contributed by atoms with Crippen molar-refractivity contribution in [1.29, 1.82) is 0 Å². The summed E-state index contributed by atoms with van der Waals surface area (Å²) < 4.78 is 1.63. The molecule has 1 aliphatic rings. The summed E-state index contributed by atoms with van der Waals surface area (Å²) in [5.74, 6) is 1.42. The molecular formula is C17H29N7O2S. The Morgan fingerprint density at radius 3 is 2.70 bits per heavy atom. The van der Waals surface area contributed by atoms with Crippen molar-refractivity contribution in [3.05, 3.63) is 0 Å². The SMILES string of the molecule is CCCCNc1nc(SCCC)nc2c1nnn2C1CC(CN)C(O)C1O. The number of unbranched alkanes of at least 4 members (excludes halogenated alkanes) is 1. The standard InChI is InChI=1S/C17H29N7O2S/c1-3-5-6-19-15-12-16(21-17(20-15)27-7-4-2)24(23-22-12)11-8-10(9-18)13(25)14(11)26/h10-11,13-14,25-26H,3-9,18H2,1-2H3,(H,19,20,21). The zero-order valence-corrected chi connectivity index (χ0v) is 16.7. The molecule has 5 N–H and O–H groups in total. The molecule has 0 aromatic carbocycles. The van der Waals surface area contributed by atoms with Crippen LogP contribution in [0.25, 0.3) is 11.2 Å². The minimum atomic E-state index is -0.943. The monoisotopic (exact) mass is 395 g/mol. The van der Waals surface area contributed by atoms with Crippen LogP contribution in [-0.2, 0) is 0 Å². The molecule has 150 valence electrons. The third-order valence-electron chi connectivity index (χ3n) is 4.95. The summed E-state index contributed by atoms with van der Waals surface area (Å²) in [7, 11) is 0. The van der Waals surface area contributed by atoms with E-state index in [0.717, 1.165) is 31.6 Å². The normalized spacial score (nSPS) is 25.4. The molecule has 2 aromatic rings. The zero-order valence-electron chi connectivity index (χ0n) is 15.9. The molecule has 4 unspecified atom stereocenters. The fraction of sp³-hybridized carbons (Fsp3) is 0.765. The van der Waals surface area contributed by atoms with Crippen LogP contribution in [0.3, 0.4) is 0 Å². The highest BCUT2D eigenvalue weighted by molar-refractivity contribution is 7.99. The summed E-state index contributed by atoms with van der Waals surface area (Å²) in [6.07, 6.45) is 1.87. The number of nitrogens with two attached hydrogens (primary N) is 1. The zero-order chi connectivity index (χ0) is 19.4. The van der Waals surface area contributed by atoms with Crippen LogP contribution in [0.15, 0.2) is 5.16 Å². The molecule has 1 aliphatic carbocycles. The lowest BCUT2D eigenvalue weighted by atomic mass is 10.1. The lowest BCUT2D eigenvalue weighted by molar-refractivity contribution is 0.00624. The Hall–Kier alpha value is -1.49. The minimum Gasteiger partial charge on any atom is -0.390 e. The number of thioether (sulfide) groups is 1. The molecule has 10 heteroatoms. The van der Waals surface area contributed by atoms with Crippen LogP contribution in [0.1, 0.15) is 45.6 Å². The summed E-state index contributed by atoms with van der Waals surface area (Å²) in [5.41, 5.74) is 6.90. The molecular weight excluding hydrogens is 366 g/mol. The van der Waals surface area contributed by atoms with Crippen molar-refractivity contribution in [3.8, 4) is 0 Å². The molecule has 9 nitrogen and oxygen atoms in total. The van der Waals surface area contributed by atoms with Gasteiger partial charge in [-0.05, 0) is 25.8 Å². The van der Waals surface area contributed by atoms with E-state index in [2.05, 4.69) is 39.4 Å². The van der Waals surface area contributed by atoms with E-state index in [0.29, 0.717) is 35.1 Å². The predicted octanol–water partition coefficient (Wildman–Crippen LogP) is 1.18. The molecule has 0 radical (unpaired) electrons. The van der Waals surface area contributed by atoms with Crippen LogP contribution >= 0.6 is 11.8 Å². The van der Waals surface area contributed by atoms with Gasteiger partial charge in [0.15, 0.2) is 22.1 Å². The van der Waals surface area contributed by atoms with Crippen molar-refractivity contribution in [3.63, 3.8) is 0 Å². The molecule has 2 heterocycles. The van der Waals surface area contributed by atoms with Gasteiger partial charge in [-0.25, -0.2) is 14.6 Å². The lowest BCUT2D eigenvalue weighted by Crippen LogP contribution is -2.32. The first-order valence-electron chi connectivity index (χ1n) is 9.66. The Morgan fingerprint density at radius 2 is 2.04 bits per heavy atom. The summed E-state index contributed by atoms with van der Waals surface area (Å²) in [4.78, 5) is 9.25. The largest absolute Gasteiger partial charge is 0.390 e. The Labute approximate surface area is 163 Å². The summed E-state index contributed by atoms with van der Waals surface area (Å²) in [5, 5.41) is 33.2. The Bertz CT molecular complexity index is 756. The number of hydrogen-bond acceptors (Lipinski definition) is 9. The first-order valence-corrected chi connectivity index (χ1v) is 10.6. The average Bonchev–Trinajstić information content (AvgIpc) is 3.21. The Balaban J connectivity index is 1.98. The van der Waals surface area contributed by atoms with Gasteiger partial charge in [-0.15, -0.1) is 5.10 Å². The molecule has 3 rings (SSSR count). The van der Waals surface area contributed by atoms with Crippen molar-refractivity contribution >= 4 is 28.7 Å². The third kappa shape index (κ3) is 4.18. The Morgan fingerprint density at radius 1 is 1.22 bits per heavy atom. The third-order valence-corrected chi connectivity index (χ3v) is 6.00. The first-order chi connectivity index (χ1) is 13.1. The van der Waals surface area contributed by atoms with Gasteiger partial charge in [-0.3, -0.25) is 0 Å². The van der Waals surface area contributed by atoms with Crippen LogP contribution in [-0.4, -0.2) is 66.2 Å². The quantitative estimate of drug-likeness (QED) is 0.280. The number of aliphatic hydroxyl groups is 2. The maximum atomic E-state index is 10.5. The van der Waals surface area contributed by atoms with Crippen LogP contribution in [0, 0.1) is 5.92 Å². The Kier molecular flexibility index (Phi) is 6.85. The second-order valence-corrected chi connectivity index (χ2v) is 8.03. The summed E-state index contributed by atoms with van der Waals surface area (Å²) in [6.45, 7) is 5.36. The average molecular weight is 396 g/mol. The molecule has 1 saturated carbocycles. The number of fused-ring (bicyclic) bond motifs is 1. The summed E-state index contributed by atoms with van der Waals surface area (Å²) in [6, 6.07) is -0.402. The van der Waals surface area contributed by atoms with Crippen LogP contribution in [0.4, 0.5) is 5.82 Å². The van der Waals surface area contributed by atoms with Gasteiger partial charge in [-0.1, -0.05) is 37.2 Å². The van der Waals surface area contributed by atoms with E-state index in [4.69, 9.17) is 5.73 Å². The van der Waals surface area contributed by atoms with Gasteiger partial charge in [0.2, 0.25) is 0 Å². The second-order valence-electron chi connectivity index (χ2n) is 6.97. The van der Waals surface area contributed by atoms with Gasteiger partial charge in [0.05, 0.1) is 12.1 Å². The molecule has 1 fully saturated rings. The molecule has 0 bridgehead atoms. The van der Waals surface area contributed by atoms with Gasteiger partial charge in [-0.2, -0.15) is 0 Å². The van der Waals surface area contributed by atoms with Gasteiger partial charge < -0.3 is 21.3 Å². The number of hydrogen-bond donors (Lipinski definition) is 4. The number of aliphatic hydroxyl groups excluding tert-OH is 2. The van der Waals surface area contributed by atoms with Gasteiger partial charge in [0.1, 0.15) is 6.10 Å². The number of rotatable bonds is 9. The van der Waals surface area contributed by atoms with E-state index in [1.165, 1.54) is 0 Å². The molecule has 4 atom stereocenters. The van der Waals surface area contributed by atoms with Crippen LogP contribution in [0.2, 0.25) is 0 Å². The number of aromatic nitrogens is 5. The van der Waals surface area contributed by atoms with Gasteiger partial charge in [0.25, 0.3) is 0 Å². The smallest absolute Gasteiger partial charge is 0.191 e. The molecule has 0 spiro atoms. The van der Waals surface area contributed by atoms with Crippen LogP contribution in [0.5, 0.6) is 0 Å². The summed E-state index contributed by atoms with van der Waals surface area (Å²) >= 11 is 1.59. The highest BCUT2D eigenvalue weighted by Crippen LogP contribution is 2.36. The second kappa shape index (κ2) is 9.13. The van der Waals surface area contributed by atoms with E-state index in [1.54, 1.807) is 16.4 Å². The van der Waals surface area contributed by atoms with Crippen LogP contribution < -0.4 is 11.1 Å². The fourth-order valence-electron chi connectivity index (χ4n) is 3.37. The number of nitrogens with one attached hydrogen (secondary N) is 1. The van der Waals surface area contributed by atoms with E-state index < -0.39 is 18.2 Å². The highest BCUT2D eigenvalue weighted by atomic mass is 32.2. The number of nitrogens with zero attached hydrogens (tertiary/aromatic N) is 5. The lowest BCUT2D eigenvalue weighted by Gasteiger charge is -2.17. The van der Waals surface area contributed by atoms with E-state index in [-0.39, 0.29) is 5.92 Å². The minimum absolute atomic E-state index is 0.165. The number of anilines is 1. The van der Waals surface area contributed by atoms with E-state index in [9.17, 15) is 10.2 Å². The van der Waals surface area contributed by atoms with Crippen molar-refractivity contribution < 1.29 is 10.2 Å². The molecule has 0 amide bonds. The molecule has 0 aliphatic heterocycles. The van der Waals surface area contributed by atoms with Crippen molar-refractivity contribution in [2.75, 3.05) is 24.2 Å². The van der Waals surface area contributed by atoms with Crippen molar-refractivity contribution in [2.45, 2.75) is 62.9 Å². The molecule has 27 heavy (non-hydrogen) atoms. The fourth-order valence-corrected chi connectivity index (χ4v) is 4.07.